The summed E-state index contributed by atoms with van der Waals surface area (Å²) in [5.74, 6) is 1.62. The summed E-state index contributed by atoms with van der Waals surface area (Å²) in [5.41, 5.74) is 3.11. The highest BCUT2D eigenvalue weighted by atomic mass is 16.5. The predicted octanol–water partition coefficient (Wildman–Crippen LogP) is 4.64. The maximum absolute atomic E-state index is 12.2. The number of hydrogen-bond donors (Lipinski definition) is 0. The molecule has 0 saturated heterocycles. The van der Waals surface area contributed by atoms with E-state index in [1.165, 1.54) is 0 Å². The summed E-state index contributed by atoms with van der Waals surface area (Å²) in [5, 5.41) is 4.34. The molecule has 3 aromatic rings. The number of aromatic nitrogens is 1. The van der Waals surface area contributed by atoms with E-state index in [-0.39, 0.29) is 5.78 Å². The molecular formula is C21H19NO3. The van der Waals surface area contributed by atoms with Gasteiger partial charge in [0.25, 0.3) is 0 Å². The van der Waals surface area contributed by atoms with Gasteiger partial charge in [-0.2, -0.15) is 0 Å². The highest BCUT2D eigenvalue weighted by Gasteiger charge is 2.54. The number of ketones is 1. The van der Waals surface area contributed by atoms with Crippen LogP contribution in [0.4, 0.5) is 0 Å². The smallest absolute Gasteiger partial charge is 0.158 e. The monoisotopic (exact) mass is 333 g/mol. The Balaban J connectivity index is 1.90. The zero-order valence-corrected chi connectivity index (χ0v) is 14.3. The van der Waals surface area contributed by atoms with Crippen molar-refractivity contribution in [3.05, 3.63) is 60.4 Å². The number of rotatable bonds is 5. The first kappa shape index (κ1) is 15.6. The first-order valence-corrected chi connectivity index (χ1v) is 8.37. The molecule has 126 valence electrons. The molecular weight excluding hydrogens is 314 g/mol. The van der Waals surface area contributed by atoms with E-state index in [1.807, 2.05) is 54.6 Å². The van der Waals surface area contributed by atoms with Crippen LogP contribution in [0.15, 0.2) is 59.1 Å². The molecule has 0 spiro atoms. The van der Waals surface area contributed by atoms with Crippen LogP contribution in [0.3, 0.4) is 0 Å². The van der Waals surface area contributed by atoms with E-state index >= 15 is 0 Å². The molecule has 0 amide bonds. The number of ether oxygens (including phenoxy) is 1. The van der Waals surface area contributed by atoms with Gasteiger partial charge in [-0.25, -0.2) is 0 Å². The summed E-state index contributed by atoms with van der Waals surface area (Å²) in [6.07, 6.45) is 1.64. The number of nitrogens with zero attached hydrogens (tertiary/aromatic N) is 1. The molecule has 1 aliphatic rings. The third-order valence-electron chi connectivity index (χ3n) is 4.98. The second kappa shape index (κ2) is 5.88. The van der Waals surface area contributed by atoms with E-state index < -0.39 is 5.41 Å². The van der Waals surface area contributed by atoms with E-state index in [0.29, 0.717) is 5.76 Å². The van der Waals surface area contributed by atoms with Crippen LogP contribution in [0, 0.1) is 0 Å². The van der Waals surface area contributed by atoms with Crippen molar-refractivity contribution in [2.75, 3.05) is 7.11 Å². The maximum Gasteiger partial charge on any atom is 0.158 e. The number of Topliss-reactive ketones (excluding diaryl/α,β-unsaturated/α-hetero) is 1. The van der Waals surface area contributed by atoms with E-state index in [4.69, 9.17) is 9.26 Å². The fraction of sp³-hybridized carbons (Fsp3) is 0.238. The molecule has 0 aliphatic heterocycles. The predicted molar refractivity (Wildman–Crippen MR) is 95.5 cm³/mol. The quantitative estimate of drug-likeness (QED) is 0.682. The average molecular weight is 333 g/mol. The van der Waals surface area contributed by atoms with Gasteiger partial charge in [-0.15, -0.1) is 0 Å². The summed E-state index contributed by atoms with van der Waals surface area (Å²) in [7, 11) is 1.64. The Kier molecular flexibility index (Phi) is 3.68. The van der Waals surface area contributed by atoms with Gasteiger partial charge in [0.15, 0.2) is 5.76 Å². The van der Waals surface area contributed by atoms with E-state index in [9.17, 15) is 4.79 Å². The van der Waals surface area contributed by atoms with Gasteiger partial charge in [0, 0.05) is 5.56 Å². The topological polar surface area (TPSA) is 52.3 Å². The SMILES string of the molecule is COc1ccc(-c2noc(C3(C(C)=O)CC3)c2-c2ccccc2)cc1. The molecule has 0 atom stereocenters. The third kappa shape index (κ3) is 2.54. The van der Waals surface area contributed by atoms with Crippen molar-refractivity contribution in [1.82, 2.24) is 5.16 Å². The second-order valence-corrected chi connectivity index (χ2v) is 6.47. The fourth-order valence-electron chi connectivity index (χ4n) is 3.30. The van der Waals surface area contributed by atoms with Crippen molar-refractivity contribution in [2.45, 2.75) is 25.2 Å². The molecule has 4 rings (SSSR count). The van der Waals surface area contributed by atoms with Gasteiger partial charge in [-0.05, 0) is 49.6 Å². The Morgan fingerprint density at radius 1 is 1.04 bits per heavy atom. The Morgan fingerprint density at radius 2 is 1.72 bits per heavy atom. The van der Waals surface area contributed by atoms with Gasteiger partial charge < -0.3 is 9.26 Å². The Hall–Kier alpha value is -2.88. The van der Waals surface area contributed by atoms with Crippen LogP contribution in [0.1, 0.15) is 25.5 Å². The van der Waals surface area contributed by atoms with E-state index in [0.717, 1.165) is 41.0 Å². The van der Waals surface area contributed by atoms with Crippen LogP contribution in [-0.2, 0) is 10.2 Å². The molecule has 2 aromatic carbocycles. The van der Waals surface area contributed by atoms with Crippen molar-refractivity contribution < 1.29 is 14.1 Å². The zero-order valence-electron chi connectivity index (χ0n) is 14.3. The summed E-state index contributed by atoms with van der Waals surface area (Å²) in [6, 6.07) is 17.7. The Labute approximate surface area is 146 Å². The molecule has 4 nitrogen and oxygen atoms in total. The van der Waals surface area contributed by atoms with Crippen LogP contribution < -0.4 is 4.74 Å². The summed E-state index contributed by atoms with van der Waals surface area (Å²) < 4.78 is 11.0. The highest BCUT2D eigenvalue weighted by Crippen LogP contribution is 2.53. The maximum atomic E-state index is 12.2. The molecule has 0 radical (unpaired) electrons. The van der Waals surface area contributed by atoms with Gasteiger partial charge >= 0.3 is 0 Å². The van der Waals surface area contributed by atoms with Gasteiger partial charge in [0.1, 0.15) is 17.2 Å². The van der Waals surface area contributed by atoms with Gasteiger partial charge in [-0.3, -0.25) is 4.79 Å². The largest absolute Gasteiger partial charge is 0.497 e. The lowest BCUT2D eigenvalue weighted by molar-refractivity contribution is -0.119. The van der Waals surface area contributed by atoms with Crippen LogP contribution in [0.5, 0.6) is 5.75 Å². The number of methoxy groups -OCH3 is 1. The van der Waals surface area contributed by atoms with Crippen molar-refractivity contribution in [3.8, 4) is 28.1 Å². The molecule has 1 saturated carbocycles. The number of benzene rings is 2. The van der Waals surface area contributed by atoms with Crippen molar-refractivity contribution >= 4 is 5.78 Å². The number of carbonyl (C=O) groups is 1. The Morgan fingerprint density at radius 3 is 2.28 bits per heavy atom. The molecule has 1 heterocycles. The van der Waals surface area contributed by atoms with Gasteiger partial charge in [0.05, 0.1) is 18.1 Å². The first-order chi connectivity index (χ1) is 12.2. The van der Waals surface area contributed by atoms with Gasteiger partial charge in [-0.1, -0.05) is 35.5 Å². The normalized spacial score (nSPS) is 15.0. The minimum absolute atomic E-state index is 0.141. The molecule has 4 heteroatoms. The third-order valence-corrected chi connectivity index (χ3v) is 4.98. The molecule has 0 unspecified atom stereocenters. The first-order valence-electron chi connectivity index (χ1n) is 8.37. The molecule has 1 aliphatic carbocycles. The average Bonchev–Trinajstić information content (AvgIpc) is 3.35. The van der Waals surface area contributed by atoms with E-state index in [1.54, 1.807) is 14.0 Å². The lowest BCUT2D eigenvalue weighted by Crippen LogP contribution is -2.17. The van der Waals surface area contributed by atoms with Crippen LogP contribution in [0.2, 0.25) is 0 Å². The molecule has 25 heavy (non-hydrogen) atoms. The van der Waals surface area contributed by atoms with Crippen LogP contribution in [-0.4, -0.2) is 18.0 Å². The van der Waals surface area contributed by atoms with Crippen molar-refractivity contribution in [1.29, 1.82) is 0 Å². The van der Waals surface area contributed by atoms with Crippen molar-refractivity contribution in [3.63, 3.8) is 0 Å². The zero-order chi connectivity index (χ0) is 17.4. The standard InChI is InChI=1S/C21H19NO3/c1-14(23)21(12-13-21)20-18(15-6-4-3-5-7-15)19(22-25-20)16-8-10-17(24-2)11-9-16/h3-11H,12-13H2,1-2H3. The molecule has 0 bridgehead atoms. The van der Waals surface area contributed by atoms with Gasteiger partial charge in [0.2, 0.25) is 0 Å². The Bertz CT molecular complexity index is 906. The molecule has 0 N–H and O–H groups in total. The lowest BCUT2D eigenvalue weighted by Gasteiger charge is -2.11. The number of hydrogen-bond acceptors (Lipinski definition) is 4. The summed E-state index contributed by atoms with van der Waals surface area (Å²) in [4.78, 5) is 12.2. The minimum Gasteiger partial charge on any atom is -0.497 e. The minimum atomic E-state index is -0.511. The molecule has 1 aromatic heterocycles. The number of carbonyl (C=O) groups excluding carboxylic acids is 1. The second-order valence-electron chi connectivity index (χ2n) is 6.47. The lowest BCUT2D eigenvalue weighted by atomic mass is 9.90. The fourth-order valence-corrected chi connectivity index (χ4v) is 3.30. The molecule has 1 fully saturated rings. The van der Waals surface area contributed by atoms with Crippen LogP contribution >= 0.6 is 0 Å². The van der Waals surface area contributed by atoms with Crippen LogP contribution in [0.25, 0.3) is 22.4 Å². The van der Waals surface area contributed by atoms with Crippen molar-refractivity contribution in [2.24, 2.45) is 0 Å². The highest BCUT2D eigenvalue weighted by molar-refractivity contribution is 5.95. The summed E-state index contributed by atoms with van der Waals surface area (Å²) >= 11 is 0. The van der Waals surface area contributed by atoms with E-state index in [2.05, 4.69) is 5.16 Å². The summed E-state index contributed by atoms with van der Waals surface area (Å²) in [6.45, 7) is 1.64.